The molecular formula is C20H20ClN3O4S2. The van der Waals surface area contributed by atoms with Crippen LogP contribution in [-0.2, 0) is 20.0 Å². The van der Waals surface area contributed by atoms with Crippen molar-refractivity contribution in [1.82, 2.24) is 13.6 Å². The molecule has 30 heavy (non-hydrogen) atoms. The van der Waals surface area contributed by atoms with Crippen LogP contribution in [0, 0.1) is 6.92 Å². The first kappa shape index (κ1) is 21.2. The maximum atomic E-state index is 13.3. The molecule has 10 heteroatoms. The topological polar surface area (TPSA) is 87.7 Å². The lowest BCUT2D eigenvalue weighted by molar-refractivity contribution is 0.273. The van der Waals surface area contributed by atoms with Crippen LogP contribution >= 0.6 is 11.6 Å². The van der Waals surface area contributed by atoms with E-state index in [0.717, 1.165) is 5.56 Å². The van der Waals surface area contributed by atoms with Crippen LogP contribution in [0.5, 0.6) is 0 Å². The van der Waals surface area contributed by atoms with Crippen LogP contribution in [0.25, 0.3) is 10.9 Å². The van der Waals surface area contributed by atoms with Gasteiger partial charge in [-0.1, -0.05) is 23.7 Å². The SMILES string of the molecule is Cc1ccc(S(=O)(=O)N2CCN(S(=O)(=O)c3cccc(Cl)c3)CC2)c2cccnc12. The minimum atomic E-state index is -3.79. The second-order valence-corrected chi connectivity index (χ2v) is 11.3. The summed E-state index contributed by atoms with van der Waals surface area (Å²) in [6.45, 7) is 2.15. The molecule has 1 aliphatic heterocycles. The van der Waals surface area contributed by atoms with Gasteiger partial charge in [0.25, 0.3) is 0 Å². The molecule has 0 amide bonds. The fourth-order valence-corrected chi connectivity index (χ4v) is 6.91. The Morgan fingerprint density at radius 2 is 1.53 bits per heavy atom. The average molecular weight is 466 g/mol. The van der Waals surface area contributed by atoms with E-state index in [1.807, 2.05) is 6.92 Å². The number of pyridine rings is 1. The molecule has 0 radical (unpaired) electrons. The number of sulfonamides is 2. The minimum Gasteiger partial charge on any atom is -0.256 e. The van der Waals surface area contributed by atoms with Crippen LogP contribution in [-0.4, -0.2) is 56.6 Å². The zero-order valence-corrected chi connectivity index (χ0v) is 18.6. The van der Waals surface area contributed by atoms with Gasteiger partial charge in [0.05, 0.1) is 15.3 Å². The first-order chi connectivity index (χ1) is 14.2. The van der Waals surface area contributed by atoms with Crippen molar-refractivity contribution in [2.75, 3.05) is 26.2 Å². The van der Waals surface area contributed by atoms with Crippen LogP contribution in [0.1, 0.15) is 5.56 Å². The molecule has 0 bridgehead atoms. The molecule has 2 heterocycles. The average Bonchev–Trinajstić information content (AvgIpc) is 2.74. The van der Waals surface area contributed by atoms with Crippen LogP contribution in [0.15, 0.2) is 64.5 Å². The molecule has 7 nitrogen and oxygen atoms in total. The van der Waals surface area contributed by atoms with E-state index in [2.05, 4.69) is 4.98 Å². The summed E-state index contributed by atoms with van der Waals surface area (Å²) in [6, 6.07) is 12.8. The van der Waals surface area contributed by atoms with Gasteiger partial charge in [0.1, 0.15) is 0 Å². The Kier molecular flexibility index (Phi) is 5.58. The maximum absolute atomic E-state index is 13.3. The van der Waals surface area contributed by atoms with Crippen LogP contribution < -0.4 is 0 Å². The third-order valence-electron chi connectivity index (χ3n) is 5.18. The van der Waals surface area contributed by atoms with Crippen molar-refractivity contribution in [2.24, 2.45) is 0 Å². The van der Waals surface area contributed by atoms with Crippen LogP contribution in [0.3, 0.4) is 0 Å². The van der Waals surface area contributed by atoms with Gasteiger partial charge >= 0.3 is 0 Å². The summed E-state index contributed by atoms with van der Waals surface area (Å²) in [7, 11) is -7.54. The van der Waals surface area contributed by atoms with Gasteiger partial charge in [-0.3, -0.25) is 4.98 Å². The van der Waals surface area contributed by atoms with Gasteiger partial charge in [-0.25, -0.2) is 16.8 Å². The van der Waals surface area contributed by atoms with Crippen LogP contribution in [0.4, 0.5) is 0 Å². The number of nitrogens with zero attached hydrogens (tertiary/aromatic N) is 3. The molecule has 1 fully saturated rings. The van der Waals surface area contributed by atoms with Crippen molar-refractivity contribution in [3.05, 3.63) is 65.3 Å². The Balaban J connectivity index is 1.59. The molecule has 0 unspecified atom stereocenters. The molecule has 1 saturated heterocycles. The summed E-state index contributed by atoms with van der Waals surface area (Å²) in [4.78, 5) is 4.59. The fraction of sp³-hybridized carbons (Fsp3) is 0.250. The lowest BCUT2D eigenvalue weighted by atomic mass is 10.1. The summed E-state index contributed by atoms with van der Waals surface area (Å²) in [5.74, 6) is 0. The summed E-state index contributed by atoms with van der Waals surface area (Å²) >= 11 is 5.92. The van der Waals surface area contributed by atoms with Crippen LogP contribution in [0.2, 0.25) is 5.02 Å². The minimum absolute atomic E-state index is 0.0656. The van der Waals surface area contributed by atoms with Crippen molar-refractivity contribution in [3.8, 4) is 0 Å². The zero-order valence-electron chi connectivity index (χ0n) is 16.2. The number of hydrogen-bond donors (Lipinski definition) is 0. The number of halogens is 1. The second-order valence-electron chi connectivity index (χ2n) is 7.05. The number of rotatable bonds is 4. The number of aromatic nitrogens is 1. The van der Waals surface area contributed by atoms with Crippen molar-refractivity contribution in [3.63, 3.8) is 0 Å². The summed E-state index contributed by atoms with van der Waals surface area (Å²) < 4.78 is 54.9. The summed E-state index contributed by atoms with van der Waals surface area (Å²) in [6.07, 6.45) is 1.63. The largest absolute Gasteiger partial charge is 0.256 e. The van der Waals surface area contributed by atoms with Crippen molar-refractivity contribution < 1.29 is 16.8 Å². The third kappa shape index (κ3) is 3.72. The van der Waals surface area contributed by atoms with Gasteiger partial charge in [-0.05, 0) is 48.9 Å². The van der Waals surface area contributed by atoms with Gasteiger partial charge in [0.2, 0.25) is 20.0 Å². The highest BCUT2D eigenvalue weighted by Crippen LogP contribution is 2.28. The number of fused-ring (bicyclic) bond motifs is 1. The highest BCUT2D eigenvalue weighted by atomic mass is 35.5. The van der Waals surface area contributed by atoms with E-state index in [1.54, 1.807) is 42.6 Å². The Morgan fingerprint density at radius 3 is 2.20 bits per heavy atom. The number of piperazine rings is 1. The Morgan fingerprint density at radius 1 is 0.867 bits per heavy atom. The lowest BCUT2D eigenvalue weighted by Gasteiger charge is -2.33. The number of aryl methyl sites for hydroxylation is 1. The highest BCUT2D eigenvalue weighted by Gasteiger charge is 2.34. The van der Waals surface area contributed by atoms with E-state index in [0.29, 0.717) is 15.9 Å². The molecule has 0 saturated carbocycles. The second kappa shape index (κ2) is 7.90. The predicted molar refractivity (Wildman–Crippen MR) is 115 cm³/mol. The number of benzene rings is 2. The van der Waals surface area contributed by atoms with Gasteiger partial charge < -0.3 is 0 Å². The Labute approximate surface area is 181 Å². The molecule has 3 aromatic rings. The lowest BCUT2D eigenvalue weighted by Crippen LogP contribution is -2.50. The highest BCUT2D eigenvalue weighted by molar-refractivity contribution is 7.89. The van der Waals surface area contributed by atoms with E-state index in [1.165, 1.54) is 20.7 Å². The Hall–Kier alpha value is -2.04. The van der Waals surface area contributed by atoms with Gasteiger partial charge in [-0.2, -0.15) is 8.61 Å². The molecule has 1 aliphatic rings. The van der Waals surface area contributed by atoms with E-state index < -0.39 is 20.0 Å². The molecule has 0 N–H and O–H groups in total. The molecule has 0 atom stereocenters. The fourth-order valence-electron chi connectivity index (χ4n) is 3.58. The molecule has 2 aromatic carbocycles. The zero-order chi connectivity index (χ0) is 21.5. The first-order valence-corrected chi connectivity index (χ1v) is 12.6. The molecular weight excluding hydrogens is 446 g/mol. The first-order valence-electron chi connectivity index (χ1n) is 9.31. The van der Waals surface area contributed by atoms with Gasteiger partial charge in [0, 0.05) is 42.8 Å². The van der Waals surface area contributed by atoms with Gasteiger partial charge in [0.15, 0.2) is 0 Å². The summed E-state index contributed by atoms with van der Waals surface area (Å²) in [5, 5.41) is 0.892. The van der Waals surface area contributed by atoms with E-state index in [-0.39, 0.29) is 36.0 Å². The van der Waals surface area contributed by atoms with Crippen molar-refractivity contribution >= 4 is 42.6 Å². The smallest absolute Gasteiger partial charge is 0.243 e. The molecule has 0 spiro atoms. The summed E-state index contributed by atoms with van der Waals surface area (Å²) in [5.41, 5.74) is 1.53. The molecule has 4 rings (SSSR count). The molecule has 158 valence electrons. The van der Waals surface area contributed by atoms with E-state index in [9.17, 15) is 16.8 Å². The normalized spacial score (nSPS) is 16.7. The molecule has 0 aliphatic carbocycles. The van der Waals surface area contributed by atoms with Gasteiger partial charge in [-0.15, -0.1) is 0 Å². The Bertz CT molecular complexity index is 1320. The van der Waals surface area contributed by atoms with E-state index >= 15 is 0 Å². The molecule has 1 aromatic heterocycles. The standard InChI is InChI=1S/C20H20ClN3O4S2/c1-15-7-8-19(18-6-3-9-22-20(15)18)30(27,28)24-12-10-23(11-13-24)29(25,26)17-5-2-4-16(21)14-17/h2-9,14H,10-13H2,1H3. The monoisotopic (exact) mass is 465 g/mol. The third-order valence-corrected chi connectivity index (χ3v) is 9.27. The number of hydrogen-bond acceptors (Lipinski definition) is 5. The van der Waals surface area contributed by atoms with E-state index in [4.69, 9.17) is 11.6 Å². The van der Waals surface area contributed by atoms with Crippen molar-refractivity contribution in [2.45, 2.75) is 16.7 Å². The maximum Gasteiger partial charge on any atom is 0.243 e. The quantitative estimate of drug-likeness (QED) is 0.591. The van der Waals surface area contributed by atoms with Crippen molar-refractivity contribution in [1.29, 1.82) is 0 Å². The predicted octanol–water partition coefficient (Wildman–Crippen LogP) is 2.89.